The number of nitrogens with zero attached hydrogens (tertiary/aromatic N) is 2. The van der Waals surface area contributed by atoms with Gasteiger partial charge in [-0.05, 0) is 67.1 Å². The van der Waals surface area contributed by atoms with E-state index < -0.39 is 0 Å². The number of thioether (sulfide) groups is 1. The molecule has 0 saturated carbocycles. The van der Waals surface area contributed by atoms with Gasteiger partial charge in [0.15, 0.2) is 5.13 Å². The van der Waals surface area contributed by atoms with Crippen LogP contribution in [0.3, 0.4) is 0 Å². The maximum atomic E-state index is 13.5. The van der Waals surface area contributed by atoms with Crippen molar-refractivity contribution in [3.63, 3.8) is 0 Å². The zero-order valence-corrected chi connectivity index (χ0v) is 18.3. The molecule has 4 aromatic rings. The molecular weight excluding hydrogens is 396 g/mol. The molecule has 29 heavy (non-hydrogen) atoms. The number of anilines is 1. The van der Waals surface area contributed by atoms with E-state index in [-0.39, 0.29) is 5.91 Å². The molecule has 0 aliphatic rings. The van der Waals surface area contributed by atoms with Crippen LogP contribution in [0.15, 0.2) is 71.6 Å². The molecule has 1 aromatic heterocycles. The minimum absolute atomic E-state index is 0.0268. The molecule has 0 aliphatic heterocycles. The van der Waals surface area contributed by atoms with Gasteiger partial charge in [0.05, 0.1) is 16.8 Å². The van der Waals surface area contributed by atoms with Crippen LogP contribution in [0, 0.1) is 13.8 Å². The molecule has 146 valence electrons. The molecule has 1 amide bonds. The minimum Gasteiger partial charge on any atom is -0.279 e. The van der Waals surface area contributed by atoms with Gasteiger partial charge >= 0.3 is 0 Å². The smallest absolute Gasteiger partial charge is 0.260 e. The van der Waals surface area contributed by atoms with Gasteiger partial charge in [-0.2, -0.15) is 0 Å². The molecule has 0 fully saturated rings. The summed E-state index contributed by atoms with van der Waals surface area (Å²) in [7, 11) is 0. The van der Waals surface area contributed by atoms with E-state index in [1.54, 1.807) is 28.0 Å². The molecule has 0 aliphatic carbocycles. The fraction of sp³-hybridized carbons (Fsp3) is 0.167. The van der Waals surface area contributed by atoms with E-state index in [9.17, 15) is 4.79 Å². The Bertz CT molecular complexity index is 1170. The van der Waals surface area contributed by atoms with E-state index in [2.05, 4.69) is 25.3 Å². The van der Waals surface area contributed by atoms with Crippen molar-refractivity contribution < 1.29 is 4.79 Å². The van der Waals surface area contributed by atoms with Gasteiger partial charge in [-0.15, -0.1) is 11.8 Å². The Balaban J connectivity index is 1.77. The Labute approximate surface area is 179 Å². The lowest BCUT2D eigenvalue weighted by Crippen LogP contribution is -2.30. The lowest BCUT2D eigenvalue weighted by atomic mass is 10.1. The van der Waals surface area contributed by atoms with Crippen LogP contribution in [0.4, 0.5) is 5.13 Å². The topological polar surface area (TPSA) is 33.2 Å². The molecule has 0 atom stereocenters. The maximum absolute atomic E-state index is 13.5. The Morgan fingerprint density at radius 3 is 2.52 bits per heavy atom. The summed E-state index contributed by atoms with van der Waals surface area (Å²) in [4.78, 5) is 21.3. The van der Waals surface area contributed by atoms with Crippen LogP contribution in [0.2, 0.25) is 0 Å². The third-order valence-electron chi connectivity index (χ3n) is 5.00. The first-order chi connectivity index (χ1) is 14.0. The third-order valence-corrected chi connectivity index (χ3v) is 6.76. The first-order valence-electron chi connectivity index (χ1n) is 9.43. The van der Waals surface area contributed by atoms with Crippen molar-refractivity contribution in [1.82, 2.24) is 4.98 Å². The second-order valence-corrected chi connectivity index (χ2v) is 8.89. The van der Waals surface area contributed by atoms with Gasteiger partial charge in [0.1, 0.15) is 0 Å². The summed E-state index contributed by atoms with van der Waals surface area (Å²) in [5, 5.41) is 0.727. The number of carbonyl (C=O) groups excluding carboxylic acids is 1. The van der Waals surface area contributed by atoms with Gasteiger partial charge in [-0.3, -0.25) is 9.69 Å². The number of aromatic nitrogens is 1. The van der Waals surface area contributed by atoms with Gasteiger partial charge in [-0.1, -0.05) is 47.7 Å². The van der Waals surface area contributed by atoms with Crippen LogP contribution in [0.5, 0.6) is 0 Å². The number of fused-ring (bicyclic) bond motifs is 1. The predicted octanol–water partition coefficient (Wildman–Crippen LogP) is 6.48. The summed E-state index contributed by atoms with van der Waals surface area (Å²) in [6, 6.07) is 22.2. The Morgan fingerprint density at radius 2 is 1.79 bits per heavy atom. The molecule has 0 unspecified atom stereocenters. The maximum Gasteiger partial charge on any atom is 0.260 e. The van der Waals surface area contributed by atoms with E-state index in [1.807, 2.05) is 61.5 Å². The molecule has 4 rings (SSSR count). The second kappa shape index (κ2) is 8.39. The van der Waals surface area contributed by atoms with Crippen LogP contribution in [-0.4, -0.2) is 17.1 Å². The summed E-state index contributed by atoms with van der Waals surface area (Å²) in [5.41, 5.74) is 4.99. The first kappa shape index (κ1) is 19.7. The Morgan fingerprint density at radius 1 is 1.00 bits per heavy atom. The van der Waals surface area contributed by atoms with Gasteiger partial charge in [0, 0.05) is 10.5 Å². The van der Waals surface area contributed by atoms with Crippen molar-refractivity contribution in [1.29, 1.82) is 0 Å². The summed E-state index contributed by atoms with van der Waals surface area (Å²) >= 11 is 3.27. The van der Waals surface area contributed by atoms with Crippen LogP contribution < -0.4 is 4.90 Å². The monoisotopic (exact) mass is 418 g/mol. The van der Waals surface area contributed by atoms with Crippen LogP contribution in [0.1, 0.15) is 27.0 Å². The van der Waals surface area contributed by atoms with E-state index >= 15 is 0 Å². The molecule has 0 bridgehead atoms. The SMILES string of the molecule is CSc1ccc2nc(N(Cc3ccccc3)C(=O)c3ccc(C)c(C)c3)sc2c1. The largest absolute Gasteiger partial charge is 0.279 e. The summed E-state index contributed by atoms with van der Waals surface area (Å²) in [6.45, 7) is 4.58. The summed E-state index contributed by atoms with van der Waals surface area (Å²) in [5.74, 6) is -0.0268. The van der Waals surface area contributed by atoms with E-state index in [4.69, 9.17) is 4.98 Å². The molecule has 3 nitrogen and oxygen atoms in total. The molecule has 0 spiro atoms. The van der Waals surface area contributed by atoms with Crippen LogP contribution in [-0.2, 0) is 6.54 Å². The van der Waals surface area contributed by atoms with Crippen molar-refractivity contribution in [3.05, 3.63) is 89.0 Å². The molecule has 0 radical (unpaired) electrons. The summed E-state index contributed by atoms with van der Waals surface area (Å²) in [6.07, 6.45) is 2.06. The van der Waals surface area contributed by atoms with Crippen molar-refractivity contribution in [2.24, 2.45) is 0 Å². The lowest BCUT2D eigenvalue weighted by molar-refractivity contribution is 0.0985. The third kappa shape index (κ3) is 4.21. The molecule has 1 heterocycles. The molecule has 3 aromatic carbocycles. The number of hydrogen-bond donors (Lipinski definition) is 0. The lowest BCUT2D eigenvalue weighted by Gasteiger charge is -2.20. The van der Waals surface area contributed by atoms with Gasteiger partial charge in [0.2, 0.25) is 0 Å². The number of rotatable bonds is 5. The first-order valence-corrected chi connectivity index (χ1v) is 11.5. The predicted molar refractivity (Wildman–Crippen MR) is 124 cm³/mol. The molecule has 0 N–H and O–H groups in total. The van der Waals surface area contributed by atoms with E-state index in [0.717, 1.165) is 26.5 Å². The Kier molecular flexibility index (Phi) is 5.69. The fourth-order valence-electron chi connectivity index (χ4n) is 3.16. The Hall–Kier alpha value is -2.63. The molecular formula is C24H22N2OS2. The van der Waals surface area contributed by atoms with Gasteiger partial charge in [0.25, 0.3) is 5.91 Å². The van der Waals surface area contributed by atoms with E-state index in [0.29, 0.717) is 12.1 Å². The second-order valence-electron chi connectivity index (χ2n) is 7.01. The normalized spacial score (nSPS) is 11.0. The number of aryl methyl sites for hydroxylation is 2. The van der Waals surface area contributed by atoms with Crippen molar-refractivity contribution in [2.45, 2.75) is 25.3 Å². The zero-order chi connectivity index (χ0) is 20.4. The number of carbonyl (C=O) groups is 1. The zero-order valence-electron chi connectivity index (χ0n) is 16.7. The van der Waals surface area contributed by atoms with E-state index in [1.165, 1.54) is 10.5 Å². The average Bonchev–Trinajstić information content (AvgIpc) is 3.17. The van der Waals surface area contributed by atoms with Crippen LogP contribution in [0.25, 0.3) is 10.2 Å². The van der Waals surface area contributed by atoms with Crippen molar-refractivity contribution >= 4 is 44.4 Å². The number of amides is 1. The standard InChI is InChI=1S/C24H22N2OS2/c1-16-9-10-19(13-17(16)2)23(27)26(15-18-7-5-4-6-8-18)24-25-21-12-11-20(28-3)14-22(21)29-24/h4-14H,15H2,1-3H3. The number of benzene rings is 3. The summed E-state index contributed by atoms with van der Waals surface area (Å²) < 4.78 is 1.10. The quantitative estimate of drug-likeness (QED) is 0.348. The minimum atomic E-state index is -0.0268. The molecule has 0 saturated heterocycles. The highest BCUT2D eigenvalue weighted by Gasteiger charge is 2.22. The fourth-order valence-corrected chi connectivity index (χ4v) is 4.67. The van der Waals surface area contributed by atoms with Gasteiger partial charge < -0.3 is 0 Å². The highest BCUT2D eigenvalue weighted by molar-refractivity contribution is 7.98. The number of thiazole rings is 1. The highest BCUT2D eigenvalue weighted by atomic mass is 32.2. The van der Waals surface area contributed by atoms with Crippen molar-refractivity contribution in [2.75, 3.05) is 11.2 Å². The highest BCUT2D eigenvalue weighted by Crippen LogP contribution is 2.33. The van der Waals surface area contributed by atoms with Crippen LogP contribution >= 0.6 is 23.1 Å². The van der Waals surface area contributed by atoms with Gasteiger partial charge in [-0.25, -0.2) is 4.98 Å². The molecule has 5 heteroatoms. The average molecular weight is 419 g/mol. The van der Waals surface area contributed by atoms with Crippen molar-refractivity contribution in [3.8, 4) is 0 Å². The number of hydrogen-bond acceptors (Lipinski definition) is 4.